The minimum absolute atomic E-state index is 0.00509. The molecular formula is C15H18N4O4. The third kappa shape index (κ3) is 3.26. The fourth-order valence-electron chi connectivity index (χ4n) is 2.61. The molecule has 23 heavy (non-hydrogen) atoms. The minimum Gasteiger partial charge on any atom is -0.467 e. The normalized spacial score (nSPS) is 16.9. The largest absolute Gasteiger partial charge is 0.467 e. The molecule has 0 bridgehead atoms. The van der Waals surface area contributed by atoms with Crippen molar-refractivity contribution in [2.75, 3.05) is 20.3 Å². The summed E-state index contributed by atoms with van der Waals surface area (Å²) in [6, 6.07) is 3.04. The Hall–Kier alpha value is -2.61. The molecule has 0 fully saturated rings. The van der Waals surface area contributed by atoms with Crippen molar-refractivity contribution in [3.63, 3.8) is 0 Å². The van der Waals surface area contributed by atoms with E-state index in [-0.39, 0.29) is 25.0 Å². The Kier molecular flexibility index (Phi) is 4.42. The molecule has 0 spiro atoms. The van der Waals surface area contributed by atoms with Crippen LogP contribution in [0.4, 0.5) is 0 Å². The minimum atomic E-state index is -0.517. The van der Waals surface area contributed by atoms with Crippen LogP contribution in [-0.2, 0) is 27.4 Å². The molecule has 0 aromatic carbocycles. The number of carbonyl (C=O) groups is 2. The first-order chi connectivity index (χ1) is 11.2. The molecule has 0 aliphatic carbocycles. The number of nitrogens with zero attached hydrogens (tertiary/aromatic N) is 3. The highest BCUT2D eigenvalue weighted by molar-refractivity contribution is 5.83. The number of ether oxygens (including phenoxy) is 1. The number of fused-ring (bicyclic) bond motifs is 1. The van der Waals surface area contributed by atoms with Crippen LogP contribution in [0.1, 0.15) is 17.5 Å². The standard InChI is InChI=1S/C15H18N4O4/c1-22-9-14(20)18-7-11-5-16-10-19(11)13(8-18)15(21)17-6-12-3-2-4-23-12/h2-5,10,13H,6-9H2,1H3,(H,17,21)/t13-/m0/s1. The molecule has 2 amide bonds. The van der Waals surface area contributed by atoms with E-state index in [2.05, 4.69) is 10.3 Å². The van der Waals surface area contributed by atoms with Gasteiger partial charge in [0.05, 0.1) is 37.9 Å². The quantitative estimate of drug-likeness (QED) is 0.857. The van der Waals surface area contributed by atoms with Gasteiger partial charge in [0, 0.05) is 13.3 Å². The summed E-state index contributed by atoms with van der Waals surface area (Å²) in [5.74, 6) is 0.340. The fourth-order valence-corrected chi connectivity index (χ4v) is 2.61. The van der Waals surface area contributed by atoms with E-state index in [0.717, 1.165) is 5.69 Å². The van der Waals surface area contributed by atoms with Crippen LogP contribution in [0.3, 0.4) is 0 Å². The Labute approximate surface area is 133 Å². The Morgan fingerprint density at radius 3 is 3.13 bits per heavy atom. The van der Waals surface area contributed by atoms with E-state index in [1.54, 1.807) is 40.4 Å². The summed E-state index contributed by atoms with van der Waals surface area (Å²) in [6.45, 7) is 1.01. The third-order valence-electron chi connectivity index (χ3n) is 3.77. The van der Waals surface area contributed by atoms with Crippen molar-refractivity contribution < 1.29 is 18.7 Å². The first kappa shape index (κ1) is 15.3. The zero-order valence-electron chi connectivity index (χ0n) is 12.8. The predicted molar refractivity (Wildman–Crippen MR) is 79.1 cm³/mol. The molecule has 1 N–H and O–H groups in total. The monoisotopic (exact) mass is 318 g/mol. The van der Waals surface area contributed by atoms with Gasteiger partial charge in [-0.3, -0.25) is 9.59 Å². The van der Waals surface area contributed by atoms with Gasteiger partial charge in [0.1, 0.15) is 18.4 Å². The second-order valence-electron chi connectivity index (χ2n) is 5.31. The van der Waals surface area contributed by atoms with Crippen LogP contribution in [0.15, 0.2) is 35.3 Å². The predicted octanol–water partition coefficient (Wildman–Crippen LogP) is 0.322. The number of methoxy groups -OCH3 is 1. The molecular weight excluding hydrogens is 300 g/mol. The molecule has 2 aromatic rings. The summed E-state index contributed by atoms with van der Waals surface area (Å²) < 4.78 is 11.9. The number of imidazole rings is 1. The second-order valence-corrected chi connectivity index (χ2v) is 5.31. The van der Waals surface area contributed by atoms with Crippen LogP contribution < -0.4 is 5.32 Å². The molecule has 1 atom stereocenters. The van der Waals surface area contributed by atoms with Crippen LogP contribution in [0, 0.1) is 0 Å². The Morgan fingerprint density at radius 2 is 2.39 bits per heavy atom. The van der Waals surface area contributed by atoms with Gasteiger partial charge < -0.3 is 23.9 Å². The summed E-state index contributed by atoms with van der Waals surface area (Å²) in [5, 5.41) is 2.83. The highest BCUT2D eigenvalue weighted by Gasteiger charge is 2.32. The molecule has 2 aromatic heterocycles. The molecule has 122 valence electrons. The molecule has 0 radical (unpaired) electrons. The van der Waals surface area contributed by atoms with Gasteiger partial charge in [0.25, 0.3) is 0 Å². The lowest BCUT2D eigenvalue weighted by molar-refractivity contribution is -0.138. The van der Waals surface area contributed by atoms with Crippen LogP contribution in [0.25, 0.3) is 0 Å². The maximum Gasteiger partial charge on any atom is 0.248 e. The van der Waals surface area contributed by atoms with Crippen molar-refractivity contribution in [1.82, 2.24) is 19.8 Å². The summed E-state index contributed by atoms with van der Waals surface area (Å²) in [7, 11) is 1.47. The van der Waals surface area contributed by atoms with Gasteiger partial charge in [0.15, 0.2) is 0 Å². The zero-order chi connectivity index (χ0) is 16.2. The Balaban J connectivity index is 1.72. The molecule has 0 saturated carbocycles. The molecule has 3 rings (SSSR count). The van der Waals surface area contributed by atoms with Gasteiger partial charge in [0.2, 0.25) is 11.8 Å². The fraction of sp³-hybridized carbons (Fsp3) is 0.400. The molecule has 8 nitrogen and oxygen atoms in total. The average Bonchev–Trinajstić information content (AvgIpc) is 3.22. The number of hydrogen-bond acceptors (Lipinski definition) is 5. The van der Waals surface area contributed by atoms with Crippen LogP contribution >= 0.6 is 0 Å². The van der Waals surface area contributed by atoms with Gasteiger partial charge >= 0.3 is 0 Å². The summed E-state index contributed by atoms with van der Waals surface area (Å²) in [4.78, 5) is 30.3. The van der Waals surface area contributed by atoms with Gasteiger partial charge in [-0.25, -0.2) is 4.98 Å². The number of hydrogen-bond donors (Lipinski definition) is 1. The maximum absolute atomic E-state index is 12.5. The third-order valence-corrected chi connectivity index (χ3v) is 3.77. The number of rotatable bonds is 5. The highest BCUT2D eigenvalue weighted by Crippen LogP contribution is 2.21. The van der Waals surface area contributed by atoms with E-state index in [1.807, 2.05) is 0 Å². The lowest BCUT2D eigenvalue weighted by atomic mass is 10.1. The second kappa shape index (κ2) is 6.66. The van der Waals surface area contributed by atoms with Crippen LogP contribution in [-0.4, -0.2) is 46.5 Å². The van der Waals surface area contributed by atoms with Gasteiger partial charge in [-0.15, -0.1) is 0 Å². The summed E-state index contributed by atoms with van der Waals surface area (Å²) >= 11 is 0. The Bertz CT molecular complexity index is 679. The van der Waals surface area contributed by atoms with Crippen LogP contribution in [0.5, 0.6) is 0 Å². The number of amides is 2. The molecule has 1 aliphatic rings. The SMILES string of the molecule is COCC(=O)N1Cc2cncn2[C@H](C(=O)NCc2ccco2)C1. The van der Waals surface area contributed by atoms with Crippen molar-refractivity contribution in [2.24, 2.45) is 0 Å². The maximum atomic E-state index is 12.5. The summed E-state index contributed by atoms with van der Waals surface area (Å²) in [5.41, 5.74) is 0.818. The Morgan fingerprint density at radius 1 is 1.52 bits per heavy atom. The van der Waals surface area contributed by atoms with Gasteiger partial charge in [-0.1, -0.05) is 0 Å². The number of furan rings is 1. The lowest BCUT2D eigenvalue weighted by Crippen LogP contribution is -2.47. The highest BCUT2D eigenvalue weighted by atomic mass is 16.5. The number of carbonyl (C=O) groups excluding carboxylic acids is 2. The van der Waals surface area contributed by atoms with Gasteiger partial charge in [-0.2, -0.15) is 0 Å². The molecule has 8 heteroatoms. The lowest BCUT2D eigenvalue weighted by Gasteiger charge is -2.33. The molecule has 0 unspecified atom stereocenters. The van der Waals surface area contributed by atoms with E-state index < -0.39 is 6.04 Å². The van der Waals surface area contributed by atoms with Gasteiger partial charge in [-0.05, 0) is 12.1 Å². The molecule has 3 heterocycles. The first-order valence-electron chi connectivity index (χ1n) is 7.26. The van der Waals surface area contributed by atoms with Crippen LogP contribution in [0.2, 0.25) is 0 Å². The smallest absolute Gasteiger partial charge is 0.248 e. The van der Waals surface area contributed by atoms with Crippen molar-refractivity contribution in [2.45, 2.75) is 19.1 Å². The van der Waals surface area contributed by atoms with Crippen molar-refractivity contribution >= 4 is 11.8 Å². The number of aromatic nitrogens is 2. The van der Waals surface area contributed by atoms with E-state index in [1.165, 1.54) is 7.11 Å². The van der Waals surface area contributed by atoms with E-state index in [4.69, 9.17) is 9.15 Å². The average molecular weight is 318 g/mol. The van der Waals surface area contributed by atoms with E-state index in [9.17, 15) is 9.59 Å². The van der Waals surface area contributed by atoms with E-state index in [0.29, 0.717) is 18.8 Å². The van der Waals surface area contributed by atoms with Crippen molar-refractivity contribution in [1.29, 1.82) is 0 Å². The number of nitrogens with one attached hydrogen (secondary N) is 1. The van der Waals surface area contributed by atoms with Crippen molar-refractivity contribution in [3.8, 4) is 0 Å². The molecule has 1 aliphatic heterocycles. The first-order valence-corrected chi connectivity index (χ1v) is 7.26. The summed E-state index contributed by atoms with van der Waals surface area (Å²) in [6.07, 6.45) is 4.84. The van der Waals surface area contributed by atoms with Crippen molar-refractivity contribution in [3.05, 3.63) is 42.4 Å². The molecule has 0 saturated heterocycles. The van der Waals surface area contributed by atoms with E-state index >= 15 is 0 Å². The topological polar surface area (TPSA) is 89.6 Å². The zero-order valence-corrected chi connectivity index (χ0v) is 12.8.